The van der Waals surface area contributed by atoms with Crippen molar-refractivity contribution in [1.29, 1.82) is 0 Å². The lowest BCUT2D eigenvalue weighted by Gasteiger charge is -2.49. The molecule has 3 aliphatic carbocycles. The van der Waals surface area contributed by atoms with Gasteiger partial charge in [0.1, 0.15) is 0 Å². The molecular weight excluding hydrogens is 434 g/mol. The minimum absolute atomic E-state index is 0.0542. The number of fused-ring (bicyclic) bond motifs is 2. The Morgan fingerprint density at radius 1 is 0.914 bits per heavy atom. The first-order valence-corrected chi connectivity index (χ1v) is 11.9. The number of carbonyl (C=O) groups is 1. The van der Waals surface area contributed by atoms with E-state index in [0.29, 0.717) is 12.4 Å². The number of benzene rings is 3. The number of hydrogen-bond donors (Lipinski definition) is 2. The second kappa shape index (κ2) is 7.34. The molecule has 1 amide bonds. The summed E-state index contributed by atoms with van der Waals surface area (Å²) in [5.74, 6) is 0.295. The van der Waals surface area contributed by atoms with Crippen molar-refractivity contribution >= 4 is 22.6 Å². The maximum Gasteiger partial charge on any atom is 0.233 e. The van der Waals surface area contributed by atoms with Gasteiger partial charge in [-0.3, -0.25) is 20.1 Å². The van der Waals surface area contributed by atoms with E-state index in [9.17, 15) is 4.79 Å². The highest BCUT2D eigenvalue weighted by Crippen LogP contribution is 2.60. The quantitative estimate of drug-likeness (QED) is 0.367. The fourth-order valence-corrected chi connectivity index (χ4v) is 6.09. The van der Waals surface area contributed by atoms with Crippen LogP contribution in [-0.4, -0.2) is 25.8 Å². The Morgan fingerprint density at radius 2 is 1.66 bits per heavy atom. The first kappa shape index (κ1) is 20.1. The lowest BCUT2D eigenvalue weighted by atomic mass is 9.54. The van der Waals surface area contributed by atoms with Gasteiger partial charge < -0.3 is 4.98 Å². The molecule has 2 aromatic heterocycles. The van der Waals surface area contributed by atoms with Crippen molar-refractivity contribution in [1.82, 2.24) is 19.9 Å². The summed E-state index contributed by atoms with van der Waals surface area (Å²) >= 11 is 0. The van der Waals surface area contributed by atoms with Crippen LogP contribution in [0.15, 0.2) is 85.3 Å². The van der Waals surface area contributed by atoms with Crippen LogP contribution in [0.4, 0.5) is 5.95 Å². The molecule has 0 spiro atoms. The molecule has 0 radical (unpaired) electrons. The molecule has 2 heterocycles. The molecule has 3 aliphatic rings. The van der Waals surface area contributed by atoms with Gasteiger partial charge in [-0.25, -0.2) is 4.98 Å². The van der Waals surface area contributed by atoms with Crippen LogP contribution in [0.25, 0.3) is 22.0 Å². The molecule has 3 aromatic carbocycles. The van der Waals surface area contributed by atoms with E-state index in [2.05, 4.69) is 62.7 Å². The standard InChI is InChI=1S/C29H23N5O/c1-29(15-22-19-10-4-5-11-21(19)24(29)26-25(22)30-13-14-31-26)27(35)34-28-32-16-23(33-28)20-12-6-8-17-7-2-3-9-18(17)20/h2-14,16,22,24H,15H2,1H3,(H2,32,33,34,35)/t22-,24+,29?/m0/s1. The van der Waals surface area contributed by atoms with E-state index in [1.807, 2.05) is 31.2 Å². The fraction of sp³-hybridized carbons (Fsp3) is 0.172. The van der Waals surface area contributed by atoms with Crippen molar-refractivity contribution in [3.63, 3.8) is 0 Å². The summed E-state index contributed by atoms with van der Waals surface area (Å²) < 4.78 is 0. The third-order valence-electron chi connectivity index (χ3n) is 7.71. The number of hydrogen-bond acceptors (Lipinski definition) is 4. The molecule has 5 aromatic rings. The number of anilines is 1. The molecule has 0 aliphatic heterocycles. The molecule has 6 nitrogen and oxygen atoms in total. The third-order valence-corrected chi connectivity index (χ3v) is 7.71. The summed E-state index contributed by atoms with van der Waals surface area (Å²) in [6, 6.07) is 22.8. The minimum atomic E-state index is -0.672. The van der Waals surface area contributed by atoms with Crippen LogP contribution < -0.4 is 5.32 Å². The molecule has 3 atom stereocenters. The number of rotatable bonds is 3. The lowest BCUT2D eigenvalue weighted by molar-refractivity contribution is -0.127. The highest BCUT2D eigenvalue weighted by molar-refractivity contribution is 5.98. The fourth-order valence-electron chi connectivity index (χ4n) is 6.09. The van der Waals surface area contributed by atoms with E-state index >= 15 is 0 Å². The average molecular weight is 458 g/mol. The Morgan fingerprint density at radius 3 is 2.54 bits per heavy atom. The van der Waals surface area contributed by atoms with Crippen LogP contribution in [0.1, 0.15) is 47.7 Å². The summed E-state index contributed by atoms with van der Waals surface area (Å²) in [4.78, 5) is 31.0. The van der Waals surface area contributed by atoms with Crippen LogP contribution in [0.2, 0.25) is 0 Å². The van der Waals surface area contributed by atoms with Crippen molar-refractivity contribution in [3.8, 4) is 11.3 Å². The van der Waals surface area contributed by atoms with Crippen LogP contribution in [0.5, 0.6) is 0 Å². The van der Waals surface area contributed by atoms with Gasteiger partial charge in [0.2, 0.25) is 11.9 Å². The first-order valence-electron chi connectivity index (χ1n) is 11.9. The van der Waals surface area contributed by atoms with Gasteiger partial charge >= 0.3 is 0 Å². The predicted octanol–water partition coefficient (Wildman–Crippen LogP) is 5.65. The number of nitrogens with one attached hydrogen (secondary N) is 2. The number of amides is 1. The molecule has 170 valence electrons. The van der Waals surface area contributed by atoms with E-state index in [4.69, 9.17) is 4.98 Å². The molecule has 1 unspecified atom stereocenters. The first-order chi connectivity index (χ1) is 17.1. The highest BCUT2D eigenvalue weighted by atomic mass is 16.2. The molecule has 0 saturated heterocycles. The van der Waals surface area contributed by atoms with Gasteiger partial charge in [0.15, 0.2) is 0 Å². The number of imidazole rings is 1. The van der Waals surface area contributed by atoms with Gasteiger partial charge in [0.05, 0.1) is 28.7 Å². The van der Waals surface area contributed by atoms with Gasteiger partial charge in [0.25, 0.3) is 0 Å². The minimum Gasteiger partial charge on any atom is -0.324 e. The van der Waals surface area contributed by atoms with Crippen molar-refractivity contribution < 1.29 is 4.79 Å². The summed E-state index contributed by atoms with van der Waals surface area (Å²) in [5.41, 5.74) is 5.59. The molecule has 2 N–H and O–H groups in total. The number of aromatic amines is 1. The van der Waals surface area contributed by atoms with E-state index < -0.39 is 5.41 Å². The van der Waals surface area contributed by atoms with Crippen LogP contribution in [0, 0.1) is 5.41 Å². The largest absolute Gasteiger partial charge is 0.324 e. The topological polar surface area (TPSA) is 83.6 Å². The van der Waals surface area contributed by atoms with E-state index in [1.165, 1.54) is 11.1 Å². The van der Waals surface area contributed by atoms with Gasteiger partial charge in [-0.05, 0) is 35.2 Å². The SMILES string of the molecule is CC1(C(=O)Nc2ncc(-c3cccc4ccccc34)[nH]2)C[C@H]2c3ccccc3[C@@H]1c1nccnc12. The predicted molar refractivity (Wildman–Crippen MR) is 135 cm³/mol. The highest BCUT2D eigenvalue weighted by Gasteiger charge is 2.55. The Hall–Kier alpha value is -4.32. The number of nitrogens with zero attached hydrogens (tertiary/aromatic N) is 3. The van der Waals surface area contributed by atoms with Gasteiger partial charge in [-0.15, -0.1) is 0 Å². The van der Waals surface area contributed by atoms with Crippen molar-refractivity contribution in [2.24, 2.45) is 5.41 Å². The number of carbonyl (C=O) groups excluding carboxylic acids is 1. The molecule has 8 rings (SSSR count). The summed E-state index contributed by atoms with van der Waals surface area (Å²) in [6.07, 6.45) is 5.94. The second-order valence-electron chi connectivity index (χ2n) is 9.69. The molecular formula is C29H23N5O. The van der Waals surface area contributed by atoms with Crippen LogP contribution in [-0.2, 0) is 4.79 Å². The lowest BCUT2D eigenvalue weighted by Crippen LogP contribution is -2.48. The third kappa shape index (κ3) is 2.89. The van der Waals surface area contributed by atoms with Crippen LogP contribution in [0.3, 0.4) is 0 Å². The van der Waals surface area contributed by atoms with E-state index in [-0.39, 0.29) is 17.7 Å². The smallest absolute Gasteiger partial charge is 0.233 e. The van der Waals surface area contributed by atoms with E-state index in [0.717, 1.165) is 33.4 Å². The number of aromatic nitrogens is 4. The Bertz CT molecular complexity index is 1570. The monoisotopic (exact) mass is 457 g/mol. The molecule has 0 fully saturated rings. The summed E-state index contributed by atoms with van der Waals surface area (Å²) in [7, 11) is 0. The van der Waals surface area contributed by atoms with Crippen molar-refractivity contribution in [3.05, 3.63) is 108 Å². The average Bonchev–Trinajstić information content (AvgIpc) is 3.36. The molecule has 6 heteroatoms. The van der Waals surface area contributed by atoms with Crippen molar-refractivity contribution in [2.75, 3.05) is 5.32 Å². The van der Waals surface area contributed by atoms with E-state index in [1.54, 1.807) is 18.6 Å². The maximum absolute atomic E-state index is 13.8. The Balaban J connectivity index is 1.24. The maximum atomic E-state index is 13.8. The number of H-pyrrole nitrogens is 1. The Kier molecular flexibility index (Phi) is 4.21. The molecule has 2 bridgehead atoms. The van der Waals surface area contributed by atoms with Crippen LogP contribution >= 0.6 is 0 Å². The summed E-state index contributed by atoms with van der Waals surface area (Å²) in [6.45, 7) is 2.04. The van der Waals surface area contributed by atoms with Gasteiger partial charge in [0, 0.05) is 29.8 Å². The second-order valence-corrected chi connectivity index (χ2v) is 9.69. The molecule has 35 heavy (non-hydrogen) atoms. The zero-order valence-corrected chi connectivity index (χ0v) is 19.2. The summed E-state index contributed by atoms with van der Waals surface area (Å²) in [5, 5.41) is 5.38. The normalized spacial score (nSPS) is 22.0. The Labute approximate surface area is 202 Å². The molecule has 0 saturated carbocycles. The zero-order chi connectivity index (χ0) is 23.6. The van der Waals surface area contributed by atoms with Gasteiger partial charge in [-0.2, -0.15) is 0 Å². The zero-order valence-electron chi connectivity index (χ0n) is 19.2. The van der Waals surface area contributed by atoms with Gasteiger partial charge in [-0.1, -0.05) is 66.7 Å². The van der Waals surface area contributed by atoms with Crippen molar-refractivity contribution in [2.45, 2.75) is 25.2 Å².